The first-order valence-corrected chi connectivity index (χ1v) is 9.67. The third kappa shape index (κ3) is 4.28. The highest BCUT2D eigenvalue weighted by molar-refractivity contribution is 6.36. The molecule has 0 N–H and O–H groups in total. The molecular weight excluding hydrogens is 375 g/mol. The van der Waals surface area contributed by atoms with Crippen LogP contribution in [0.15, 0.2) is 6.07 Å². The van der Waals surface area contributed by atoms with Gasteiger partial charge in [0.25, 0.3) is 0 Å². The Bertz CT molecular complexity index is 703. The number of nitrogens with zero attached hydrogens (tertiary/aromatic N) is 2. The van der Waals surface area contributed by atoms with E-state index in [-0.39, 0.29) is 12.1 Å². The fourth-order valence-electron chi connectivity index (χ4n) is 3.38. The van der Waals surface area contributed by atoms with E-state index >= 15 is 0 Å². The van der Waals surface area contributed by atoms with E-state index in [4.69, 9.17) is 32.7 Å². The molecule has 0 saturated carbocycles. The molecule has 0 bridgehead atoms. The fourth-order valence-corrected chi connectivity index (χ4v) is 3.94. The minimum absolute atomic E-state index is 0.128. The summed E-state index contributed by atoms with van der Waals surface area (Å²) in [5.74, 6) is 0. The highest BCUT2D eigenvalue weighted by Crippen LogP contribution is 2.33. The standard InChI is InChI=1S/C19H26Cl2N2O3/c1-12-16(20)7-13-8-22-5-6-23(18(24)26-19(2,3)4)9-14(22)10-25-11-15(13)17(12)21/h7,14H,5-6,8-11H2,1-4H3. The first-order chi connectivity index (χ1) is 12.2. The van der Waals surface area contributed by atoms with Crippen LogP contribution in [0.2, 0.25) is 10.0 Å². The molecule has 0 radical (unpaired) electrons. The molecule has 0 spiro atoms. The Morgan fingerprint density at radius 3 is 2.73 bits per heavy atom. The van der Waals surface area contributed by atoms with Gasteiger partial charge < -0.3 is 14.4 Å². The summed E-state index contributed by atoms with van der Waals surface area (Å²) in [6, 6.07) is 2.12. The van der Waals surface area contributed by atoms with Crippen molar-refractivity contribution in [3.05, 3.63) is 32.8 Å². The van der Waals surface area contributed by atoms with E-state index in [1.807, 2.05) is 33.8 Å². The second-order valence-electron chi connectivity index (χ2n) is 8.00. The van der Waals surface area contributed by atoms with Gasteiger partial charge in [0.2, 0.25) is 0 Å². The van der Waals surface area contributed by atoms with E-state index < -0.39 is 5.60 Å². The zero-order valence-corrected chi connectivity index (χ0v) is 17.3. The molecule has 2 heterocycles. The normalized spacial score (nSPS) is 21.5. The molecule has 144 valence electrons. The Labute approximate surface area is 165 Å². The zero-order chi connectivity index (χ0) is 19.1. The van der Waals surface area contributed by atoms with Crippen LogP contribution in [-0.2, 0) is 22.6 Å². The predicted octanol–water partition coefficient (Wildman–Crippen LogP) is 4.25. The predicted molar refractivity (Wildman–Crippen MR) is 103 cm³/mol. The van der Waals surface area contributed by atoms with Gasteiger partial charge in [-0.1, -0.05) is 23.2 Å². The van der Waals surface area contributed by atoms with E-state index in [0.717, 1.165) is 29.8 Å². The van der Waals surface area contributed by atoms with Crippen molar-refractivity contribution in [2.45, 2.75) is 52.5 Å². The quantitative estimate of drug-likeness (QED) is 0.652. The van der Waals surface area contributed by atoms with Crippen molar-refractivity contribution < 1.29 is 14.3 Å². The number of carbonyl (C=O) groups excluding carboxylic acids is 1. The van der Waals surface area contributed by atoms with Crippen LogP contribution in [0, 0.1) is 6.92 Å². The number of hydrogen-bond acceptors (Lipinski definition) is 4. The van der Waals surface area contributed by atoms with Gasteiger partial charge in [-0.3, -0.25) is 4.90 Å². The molecule has 1 aromatic carbocycles. The number of piperazine rings is 1. The van der Waals surface area contributed by atoms with E-state index in [2.05, 4.69) is 4.90 Å². The summed E-state index contributed by atoms with van der Waals surface area (Å²) in [7, 11) is 0. The molecule has 1 amide bonds. The Morgan fingerprint density at radius 1 is 1.31 bits per heavy atom. The molecule has 1 unspecified atom stereocenters. The lowest BCUT2D eigenvalue weighted by Gasteiger charge is -2.42. The smallest absolute Gasteiger partial charge is 0.410 e. The third-order valence-electron chi connectivity index (χ3n) is 4.83. The van der Waals surface area contributed by atoms with Crippen molar-refractivity contribution in [3.63, 3.8) is 0 Å². The van der Waals surface area contributed by atoms with E-state index in [9.17, 15) is 4.79 Å². The highest BCUT2D eigenvalue weighted by atomic mass is 35.5. The van der Waals surface area contributed by atoms with E-state index in [1.54, 1.807) is 4.90 Å². The number of ether oxygens (including phenoxy) is 2. The Morgan fingerprint density at radius 2 is 2.04 bits per heavy atom. The molecule has 7 heteroatoms. The van der Waals surface area contributed by atoms with E-state index in [0.29, 0.717) is 36.3 Å². The molecule has 1 saturated heterocycles. The average molecular weight is 401 g/mol. The number of amides is 1. The van der Waals surface area contributed by atoms with Crippen LogP contribution in [0.4, 0.5) is 4.79 Å². The first kappa shape index (κ1) is 19.7. The topological polar surface area (TPSA) is 42.0 Å². The largest absolute Gasteiger partial charge is 0.444 e. The second-order valence-corrected chi connectivity index (χ2v) is 8.79. The van der Waals surface area contributed by atoms with Crippen LogP contribution in [0.3, 0.4) is 0 Å². The first-order valence-electron chi connectivity index (χ1n) is 8.92. The Hall–Kier alpha value is -1.01. The minimum atomic E-state index is -0.490. The van der Waals surface area contributed by atoms with Gasteiger partial charge in [0.15, 0.2) is 0 Å². The molecule has 0 aliphatic carbocycles. The average Bonchev–Trinajstić information content (AvgIpc) is 2.53. The minimum Gasteiger partial charge on any atom is -0.444 e. The maximum absolute atomic E-state index is 12.4. The molecule has 0 aromatic heterocycles. The van der Waals surface area contributed by atoms with Gasteiger partial charge in [-0.25, -0.2) is 4.79 Å². The van der Waals surface area contributed by atoms with Crippen LogP contribution in [0.1, 0.15) is 37.5 Å². The maximum atomic E-state index is 12.4. The number of benzene rings is 1. The molecule has 1 aromatic rings. The van der Waals surface area contributed by atoms with Crippen molar-refractivity contribution in [2.75, 3.05) is 26.2 Å². The van der Waals surface area contributed by atoms with Gasteiger partial charge in [0.1, 0.15) is 5.60 Å². The molecule has 3 rings (SSSR count). The fraction of sp³-hybridized carbons (Fsp3) is 0.632. The SMILES string of the molecule is Cc1c(Cl)cc2c(c1Cl)COCC1CN(C(=O)OC(C)(C)C)CCN1C2. The van der Waals surface area contributed by atoms with Crippen LogP contribution < -0.4 is 0 Å². The molecule has 2 aliphatic rings. The molecule has 1 fully saturated rings. The number of halogens is 2. The lowest BCUT2D eigenvalue weighted by Crippen LogP contribution is -2.57. The number of rotatable bonds is 0. The lowest BCUT2D eigenvalue weighted by atomic mass is 10.0. The van der Waals surface area contributed by atoms with Crippen LogP contribution in [-0.4, -0.2) is 53.8 Å². The van der Waals surface area contributed by atoms with Gasteiger partial charge in [-0.15, -0.1) is 0 Å². The van der Waals surface area contributed by atoms with Crippen molar-refractivity contribution in [1.82, 2.24) is 9.80 Å². The second kappa shape index (κ2) is 7.55. The molecule has 1 atom stereocenters. The zero-order valence-electron chi connectivity index (χ0n) is 15.8. The van der Waals surface area contributed by atoms with Crippen molar-refractivity contribution in [1.29, 1.82) is 0 Å². The number of hydrogen-bond donors (Lipinski definition) is 0. The molecule has 26 heavy (non-hydrogen) atoms. The van der Waals surface area contributed by atoms with Crippen LogP contribution in [0.5, 0.6) is 0 Å². The summed E-state index contributed by atoms with van der Waals surface area (Å²) in [5.41, 5.74) is 2.51. The third-order valence-corrected chi connectivity index (χ3v) is 5.73. The van der Waals surface area contributed by atoms with Gasteiger partial charge in [0, 0.05) is 36.8 Å². The van der Waals surface area contributed by atoms with Crippen LogP contribution in [0.25, 0.3) is 0 Å². The Balaban J connectivity index is 1.75. The summed E-state index contributed by atoms with van der Waals surface area (Å²) < 4.78 is 11.4. The lowest BCUT2D eigenvalue weighted by molar-refractivity contribution is -0.0234. The highest BCUT2D eigenvalue weighted by Gasteiger charge is 2.33. The summed E-state index contributed by atoms with van der Waals surface area (Å²) in [6.07, 6.45) is -0.263. The number of carbonyl (C=O) groups is 1. The van der Waals surface area contributed by atoms with E-state index in [1.165, 1.54) is 0 Å². The number of fused-ring (bicyclic) bond motifs is 2. The molecular formula is C19H26Cl2N2O3. The van der Waals surface area contributed by atoms with Gasteiger partial charge >= 0.3 is 6.09 Å². The van der Waals surface area contributed by atoms with Crippen molar-refractivity contribution in [2.24, 2.45) is 0 Å². The maximum Gasteiger partial charge on any atom is 0.410 e. The van der Waals surface area contributed by atoms with Crippen molar-refractivity contribution >= 4 is 29.3 Å². The van der Waals surface area contributed by atoms with Gasteiger partial charge in [-0.2, -0.15) is 0 Å². The summed E-state index contributed by atoms with van der Waals surface area (Å²) in [5, 5.41) is 1.37. The monoisotopic (exact) mass is 400 g/mol. The van der Waals surface area contributed by atoms with Gasteiger partial charge in [-0.05, 0) is 44.9 Å². The summed E-state index contributed by atoms with van der Waals surface area (Å²) in [6.45, 7) is 11.3. The summed E-state index contributed by atoms with van der Waals surface area (Å²) in [4.78, 5) is 16.5. The molecule has 5 nitrogen and oxygen atoms in total. The van der Waals surface area contributed by atoms with Gasteiger partial charge in [0.05, 0.1) is 24.3 Å². The van der Waals surface area contributed by atoms with Crippen molar-refractivity contribution in [3.8, 4) is 0 Å². The summed E-state index contributed by atoms with van der Waals surface area (Å²) >= 11 is 12.8. The van der Waals surface area contributed by atoms with Crippen LogP contribution >= 0.6 is 23.2 Å². The Kier molecular flexibility index (Phi) is 5.73. The molecule has 2 aliphatic heterocycles.